The third-order valence-corrected chi connectivity index (χ3v) is 5.23. The number of rotatable bonds is 2. The molecule has 0 aromatic rings. The molecular weight excluding hydrogens is 196 g/mol. The van der Waals surface area contributed by atoms with Crippen molar-refractivity contribution in [1.29, 1.82) is 0 Å². The molecule has 1 saturated heterocycles. The zero-order valence-corrected chi connectivity index (χ0v) is 9.43. The van der Waals surface area contributed by atoms with Crippen LogP contribution in [0.3, 0.4) is 0 Å². The molecule has 1 heterocycles. The number of hydrogen-bond acceptors (Lipinski definition) is 1. The summed E-state index contributed by atoms with van der Waals surface area (Å²) in [6.45, 7) is 0.945. The molecule has 0 amide bonds. The summed E-state index contributed by atoms with van der Waals surface area (Å²) in [6, 6.07) is 0. The first-order chi connectivity index (χ1) is 6.84. The minimum atomic E-state index is 0.0847. The van der Waals surface area contributed by atoms with Crippen molar-refractivity contribution in [3.05, 3.63) is 0 Å². The van der Waals surface area contributed by atoms with Crippen molar-refractivity contribution >= 4 is 11.6 Å². The van der Waals surface area contributed by atoms with Gasteiger partial charge in [0.2, 0.25) is 0 Å². The Hall–Kier alpha value is 0.250. The van der Waals surface area contributed by atoms with Crippen LogP contribution in [0.15, 0.2) is 0 Å². The van der Waals surface area contributed by atoms with Crippen molar-refractivity contribution < 1.29 is 4.74 Å². The van der Waals surface area contributed by atoms with Crippen LogP contribution in [0.5, 0.6) is 0 Å². The molecule has 0 N–H and O–H groups in total. The fraction of sp³-hybridized carbons (Fsp3) is 1.00. The third-order valence-electron chi connectivity index (χ3n) is 4.77. The molecular formula is C12H19ClO. The summed E-state index contributed by atoms with van der Waals surface area (Å²) in [5.41, 5.74) is 0.0847. The van der Waals surface area contributed by atoms with Crippen molar-refractivity contribution in [2.45, 2.75) is 44.1 Å². The van der Waals surface area contributed by atoms with Gasteiger partial charge in [-0.05, 0) is 49.9 Å². The molecule has 14 heavy (non-hydrogen) atoms. The normalized spacial score (nSPS) is 51.6. The van der Waals surface area contributed by atoms with E-state index < -0.39 is 0 Å². The Kier molecular flexibility index (Phi) is 2.29. The standard InChI is InChI=1S/C12H19ClO/c13-8-12(4-1-5-14-12)11-7-9-2-3-10(11)6-9/h9-11H,1-8H2. The molecule has 2 aliphatic carbocycles. The van der Waals surface area contributed by atoms with Gasteiger partial charge in [0.1, 0.15) is 0 Å². The van der Waals surface area contributed by atoms with E-state index in [1.54, 1.807) is 0 Å². The van der Waals surface area contributed by atoms with Crippen LogP contribution in [0.1, 0.15) is 38.5 Å². The first-order valence-electron chi connectivity index (χ1n) is 6.04. The van der Waals surface area contributed by atoms with E-state index in [-0.39, 0.29) is 5.60 Å². The van der Waals surface area contributed by atoms with Crippen LogP contribution in [0.25, 0.3) is 0 Å². The third kappa shape index (κ3) is 1.25. The average molecular weight is 215 g/mol. The zero-order valence-electron chi connectivity index (χ0n) is 8.68. The van der Waals surface area contributed by atoms with Gasteiger partial charge in [-0.15, -0.1) is 11.6 Å². The summed E-state index contributed by atoms with van der Waals surface area (Å²) in [5.74, 6) is 3.47. The first-order valence-corrected chi connectivity index (χ1v) is 6.57. The summed E-state index contributed by atoms with van der Waals surface area (Å²) in [6.07, 6.45) is 8.21. The molecule has 2 heteroatoms. The largest absolute Gasteiger partial charge is 0.373 e. The minimum absolute atomic E-state index is 0.0847. The Morgan fingerprint density at radius 2 is 2.21 bits per heavy atom. The fourth-order valence-electron chi connectivity index (χ4n) is 4.10. The second-order valence-electron chi connectivity index (χ2n) is 5.43. The van der Waals surface area contributed by atoms with Gasteiger partial charge in [-0.2, -0.15) is 0 Å². The highest BCUT2D eigenvalue weighted by atomic mass is 35.5. The van der Waals surface area contributed by atoms with E-state index in [0.29, 0.717) is 0 Å². The molecule has 3 rings (SSSR count). The summed E-state index contributed by atoms with van der Waals surface area (Å²) in [4.78, 5) is 0. The van der Waals surface area contributed by atoms with Crippen LogP contribution in [-0.2, 0) is 4.74 Å². The number of fused-ring (bicyclic) bond motifs is 2. The van der Waals surface area contributed by atoms with Crippen LogP contribution in [-0.4, -0.2) is 18.1 Å². The number of hydrogen-bond donors (Lipinski definition) is 0. The molecule has 0 spiro atoms. The highest BCUT2D eigenvalue weighted by molar-refractivity contribution is 6.18. The van der Waals surface area contributed by atoms with E-state index in [4.69, 9.17) is 16.3 Å². The monoisotopic (exact) mass is 214 g/mol. The lowest BCUT2D eigenvalue weighted by Crippen LogP contribution is -2.42. The van der Waals surface area contributed by atoms with Gasteiger partial charge in [-0.25, -0.2) is 0 Å². The summed E-state index contributed by atoms with van der Waals surface area (Å²) in [7, 11) is 0. The van der Waals surface area contributed by atoms with E-state index in [1.807, 2.05) is 0 Å². The van der Waals surface area contributed by atoms with Crippen molar-refractivity contribution in [3.63, 3.8) is 0 Å². The molecule has 1 nitrogen and oxygen atoms in total. The molecule has 2 saturated carbocycles. The Morgan fingerprint density at radius 1 is 1.29 bits per heavy atom. The number of halogens is 1. The molecule has 3 fully saturated rings. The van der Waals surface area contributed by atoms with Crippen LogP contribution in [0.4, 0.5) is 0 Å². The van der Waals surface area contributed by atoms with Crippen LogP contribution in [0, 0.1) is 17.8 Å². The van der Waals surface area contributed by atoms with Crippen LogP contribution in [0.2, 0.25) is 0 Å². The molecule has 3 aliphatic rings. The molecule has 0 radical (unpaired) electrons. The quantitative estimate of drug-likeness (QED) is 0.642. The number of ether oxygens (including phenoxy) is 1. The Balaban J connectivity index is 1.80. The maximum Gasteiger partial charge on any atom is 0.0848 e. The van der Waals surface area contributed by atoms with Gasteiger partial charge >= 0.3 is 0 Å². The lowest BCUT2D eigenvalue weighted by atomic mass is 9.76. The van der Waals surface area contributed by atoms with E-state index >= 15 is 0 Å². The highest BCUT2D eigenvalue weighted by Gasteiger charge is 2.52. The van der Waals surface area contributed by atoms with Gasteiger partial charge in [0.25, 0.3) is 0 Å². The van der Waals surface area contributed by atoms with Gasteiger partial charge in [-0.1, -0.05) is 6.42 Å². The first kappa shape index (κ1) is 9.47. The predicted octanol–water partition coefficient (Wildman–Crippen LogP) is 3.21. The second-order valence-corrected chi connectivity index (χ2v) is 5.70. The second kappa shape index (κ2) is 3.38. The van der Waals surface area contributed by atoms with Gasteiger partial charge in [0, 0.05) is 6.61 Å². The number of alkyl halides is 1. The predicted molar refractivity (Wildman–Crippen MR) is 57.6 cm³/mol. The maximum atomic E-state index is 6.16. The van der Waals surface area contributed by atoms with Gasteiger partial charge in [0.05, 0.1) is 11.5 Å². The molecule has 0 aromatic heterocycles. The zero-order chi connectivity index (χ0) is 9.60. The van der Waals surface area contributed by atoms with Crippen LogP contribution >= 0.6 is 11.6 Å². The highest BCUT2D eigenvalue weighted by Crippen LogP contribution is 2.55. The lowest BCUT2D eigenvalue weighted by molar-refractivity contribution is -0.0445. The minimum Gasteiger partial charge on any atom is -0.373 e. The van der Waals surface area contributed by atoms with E-state index in [1.165, 1.54) is 38.5 Å². The van der Waals surface area contributed by atoms with Crippen molar-refractivity contribution in [2.75, 3.05) is 12.5 Å². The van der Waals surface area contributed by atoms with E-state index in [0.717, 1.165) is 30.2 Å². The lowest BCUT2D eigenvalue weighted by Gasteiger charge is -2.37. The Bertz CT molecular complexity index is 222. The molecule has 2 bridgehead atoms. The van der Waals surface area contributed by atoms with Crippen molar-refractivity contribution in [3.8, 4) is 0 Å². The van der Waals surface area contributed by atoms with E-state index in [9.17, 15) is 0 Å². The molecule has 1 aliphatic heterocycles. The maximum absolute atomic E-state index is 6.16. The Labute approximate surface area is 91.2 Å². The van der Waals surface area contributed by atoms with E-state index in [2.05, 4.69) is 0 Å². The summed E-state index contributed by atoms with van der Waals surface area (Å²) >= 11 is 6.16. The van der Waals surface area contributed by atoms with Gasteiger partial charge < -0.3 is 4.74 Å². The van der Waals surface area contributed by atoms with Gasteiger partial charge in [0.15, 0.2) is 0 Å². The molecule has 4 unspecified atom stereocenters. The fourth-order valence-corrected chi connectivity index (χ4v) is 4.51. The van der Waals surface area contributed by atoms with Crippen LogP contribution < -0.4 is 0 Å². The SMILES string of the molecule is ClCC1(C2CC3CCC2C3)CCCO1. The molecule has 80 valence electrons. The smallest absolute Gasteiger partial charge is 0.0848 e. The summed E-state index contributed by atoms with van der Waals surface area (Å²) in [5, 5.41) is 0. The average Bonchev–Trinajstić information content (AvgIpc) is 2.94. The molecule has 4 atom stereocenters. The van der Waals surface area contributed by atoms with Crippen molar-refractivity contribution in [1.82, 2.24) is 0 Å². The summed E-state index contributed by atoms with van der Waals surface area (Å²) < 4.78 is 5.99. The topological polar surface area (TPSA) is 9.23 Å². The van der Waals surface area contributed by atoms with Gasteiger partial charge in [-0.3, -0.25) is 0 Å². The Morgan fingerprint density at radius 3 is 2.71 bits per heavy atom. The van der Waals surface area contributed by atoms with Crippen molar-refractivity contribution in [2.24, 2.45) is 17.8 Å². The molecule has 0 aromatic carbocycles.